The van der Waals surface area contributed by atoms with Gasteiger partial charge in [-0.05, 0) is 37.3 Å². The van der Waals surface area contributed by atoms with E-state index in [4.69, 9.17) is 21.4 Å². The summed E-state index contributed by atoms with van der Waals surface area (Å²) in [5.74, 6) is -0.981. The van der Waals surface area contributed by atoms with Crippen LogP contribution < -0.4 is 4.74 Å². The molecule has 20 heavy (non-hydrogen) atoms. The molecule has 0 heterocycles. The molecule has 0 aliphatic rings. The lowest BCUT2D eigenvalue weighted by molar-refractivity contribution is 0.0695. The maximum atomic E-state index is 13.1. The molecule has 2 rings (SSSR count). The molecule has 0 aliphatic heterocycles. The van der Waals surface area contributed by atoms with Gasteiger partial charge in [0.15, 0.2) is 0 Å². The highest BCUT2D eigenvalue weighted by atomic mass is 35.5. The second-order valence-corrected chi connectivity index (χ2v) is 4.67. The first-order valence-electron chi connectivity index (χ1n) is 5.88. The van der Waals surface area contributed by atoms with Gasteiger partial charge >= 0.3 is 5.97 Å². The maximum absolute atomic E-state index is 13.1. The van der Waals surface area contributed by atoms with Crippen LogP contribution >= 0.6 is 11.6 Å². The van der Waals surface area contributed by atoms with Crippen molar-refractivity contribution in [2.75, 3.05) is 0 Å². The molecule has 0 radical (unpaired) electrons. The molecule has 104 valence electrons. The zero-order valence-electron chi connectivity index (χ0n) is 10.7. The topological polar surface area (TPSA) is 46.5 Å². The Morgan fingerprint density at radius 2 is 2.10 bits per heavy atom. The second-order valence-electron chi connectivity index (χ2n) is 4.26. The van der Waals surface area contributed by atoms with Crippen molar-refractivity contribution in [1.29, 1.82) is 0 Å². The van der Waals surface area contributed by atoms with Gasteiger partial charge in [-0.1, -0.05) is 17.7 Å². The van der Waals surface area contributed by atoms with Gasteiger partial charge in [-0.15, -0.1) is 0 Å². The molecule has 0 amide bonds. The molecular formula is C15H12ClFO3. The number of ether oxygens (including phenoxy) is 1. The van der Waals surface area contributed by atoms with Crippen LogP contribution in [0.25, 0.3) is 0 Å². The van der Waals surface area contributed by atoms with Gasteiger partial charge < -0.3 is 9.84 Å². The van der Waals surface area contributed by atoms with E-state index in [-0.39, 0.29) is 12.2 Å². The lowest BCUT2D eigenvalue weighted by Crippen LogP contribution is -2.03. The number of carboxylic acids is 1. The number of aromatic carboxylic acids is 1. The Hall–Kier alpha value is -2.07. The number of hydrogen-bond acceptors (Lipinski definition) is 2. The van der Waals surface area contributed by atoms with Crippen LogP contribution in [0.15, 0.2) is 36.4 Å². The van der Waals surface area contributed by atoms with Crippen molar-refractivity contribution < 1.29 is 19.0 Å². The molecule has 0 bridgehead atoms. The molecule has 0 saturated heterocycles. The fourth-order valence-corrected chi connectivity index (χ4v) is 1.98. The average molecular weight is 295 g/mol. The molecule has 1 N–H and O–H groups in total. The molecule has 5 heteroatoms. The van der Waals surface area contributed by atoms with E-state index < -0.39 is 11.8 Å². The average Bonchev–Trinajstić information content (AvgIpc) is 2.41. The minimum Gasteiger partial charge on any atom is -0.489 e. The zero-order valence-corrected chi connectivity index (χ0v) is 11.4. The second kappa shape index (κ2) is 5.92. The van der Waals surface area contributed by atoms with Gasteiger partial charge in [-0.2, -0.15) is 0 Å². The minimum atomic E-state index is -1.02. The van der Waals surface area contributed by atoms with Crippen molar-refractivity contribution >= 4 is 17.6 Å². The minimum absolute atomic E-state index is 0.0699. The molecule has 0 unspecified atom stereocenters. The first-order valence-corrected chi connectivity index (χ1v) is 6.26. The van der Waals surface area contributed by atoms with Crippen molar-refractivity contribution in [3.8, 4) is 5.75 Å². The van der Waals surface area contributed by atoms with E-state index in [1.165, 1.54) is 24.3 Å². The SMILES string of the molecule is Cc1c(OCc2cc(F)ccc2Cl)cccc1C(=O)O. The molecule has 0 fully saturated rings. The van der Waals surface area contributed by atoms with Crippen LogP contribution in [-0.2, 0) is 6.61 Å². The van der Waals surface area contributed by atoms with Crippen molar-refractivity contribution in [2.24, 2.45) is 0 Å². The summed E-state index contributed by atoms with van der Waals surface area (Å²) >= 11 is 5.94. The van der Waals surface area contributed by atoms with Crippen molar-refractivity contribution in [3.63, 3.8) is 0 Å². The van der Waals surface area contributed by atoms with E-state index >= 15 is 0 Å². The maximum Gasteiger partial charge on any atom is 0.336 e. The van der Waals surface area contributed by atoms with Gasteiger partial charge in [0.1, 0.15) is 18.2 Å². The van der Waals surface area contributed by atoms with Crippen molar-refractivity contribution in [1.82, 2.24) is 0 Å². The number of carboxylic acid groups (broad SMARTS) is 1. The fourth-order valence-electron chi connectivity index (χ4n) is 1.81. The highest BCUT2D eigenvalue weighted by Crippen LogP contribution is 2.24. The summed E-state index contributed by atoms with van der Waals surface area (Å²) in [6, 6.07) is 8.77. The summed E-state index contributed by atoms with van der Waals surface area (Å²) in [6.07, 6.45) is 0. The van der Waals surface area contributed by atoms with E-state index in [1.54, 1.807) is 19.1 Å². The Kier molecular flexibility index (Phi) is 4.25. The Morgan fingerprint density at radius 1 is 1.35 bits per heavy atom. The first kappa shape index (κ1) is 14.3. The summed E-state index contributed by atoms with van der Waals surface area (Å²) < 4.78 is 18.7. The summed E-state index contributed by atoms with van der Waals surface area (Å²) in [5.41, 5.74) is 1.20. The first-order chi connectivity index (χ1) is 9.49. The molecule has 0 aliphatic carbocycles. The van der Waals surface area contributed by atoms with Crippen LogP contribution in [0, 0.1) is 12.7 Å². The van der Waals surface area contributed by atoms with Crippen LogP contribution in [0.1, 0.15) is 21.5 Å². The quantitative estimate of drug-likeness (QED) is 0.925. The van der Waals surface area contributed by atoms with Crippen LogP contribution in [-0.4, -0.2) is 11.1 Å². The lowest BCUT2D eigenvalue weighted by Gasteiger charge is -2.11. The normalized spacial score (nSPS) is 10.3. The van der Waals surface area contributed by atoms with Crippen molar-refractivity contribution in [3.05, 3.63) is 63.9 Å². The Bertz CT molecular complexity index is 656. The summed E-state index contributed by atoms with van der Waals surface area (Å²) in [7, 11) is 0. The molecule has 2 aromatic carbocycles. The smallest absolute Gasteiger partial charge is 0.336 e. The third-order valence-electron chi connectivity index (χ3n) is 2.91. The van der Waals surface area contributed by atoms with E-state index in [2.05, 4.69) is 0 Å². The van der Waals surface area contributed by atoms with Crippen molar-refractivity contribution in [2.45, 2.75) is 13.5 Å². The number of benzene rings is 2. The number of halogens is 2. The number of rotatable bonds is 4. The molecule has 0 saturated carbocycles. The van der Waals surface area contributed by atoms with Gasteiger partial charge in [0.2, 0.25) is 0 Å². The summed E-state index contributed by atoms with van der Waals surface area (Å²) in [5, 5.41) is 9.43. The van der Waals surface area contributed by atoms with Gasteiger partial charge in [-0.3, -0.25) is 0 Å². The van der Waals surface area contributed by atoms with Crippen LogP contribution in [0.5, 0.6) is 5.75 Å². The Balaban J connectivity index is 2.21. The van der Waals surface area contributed by atoms with Crippen LogP contribution in [0.2, 0.25) is 5.02 Å². The molecule has 0 aromatic heterocycles. The van der Waals surface area contributed by atoms with Gasteiger partial charge in [0, 0.05) is 16.1 Å². The Labute approximate surface area is 120 Å². The van der Waals surface area contributed by atoms with E-state index in [0.717, 1.165) is 0 Å². The monoisotopic (exact) mass is 294 g/mol. The largest absolute Gasteiger partial charge is 0.489 e. The fraction of sp³-hybridized carbons (Fsp3) is 0.133. The molecule has 3 nitrogen and oxygen atoms in total. The molecular weight excluding hydrogens is 283 g/mol. The van der Waals surface area contributed by atoms with Gasteiger partial charge in [-0.25, -0.2) is 9.18 Å². The summed E-state index contributed by atoms with van der Waals surface area (Å²) in [6.45, 7) is 1.73. The van der Waals surface area contributed by atoms with Gasteiger partial charge in [0.25, 0.3) is 0 Å². The predicted molar refractivity (Wildman–Crippen MR) is 73.9 cm³/mol. The number of carbonyl (C=O) groups is 1. The van der Waals surface area contributed by atoms with Gasteiger partial charge in [0.05, 0.1) is 5.56 Å². The third-order valence-corrected chi connectivity index (χ3v) is 3.27. The molecule has 0 atom stereocenters. The Morgan fingerprint density at radius 3 is 2.80 bits per heavy atom. The van der Waals surface area contributed by atoms with Crippen LogP contribution in [0.3, 0.4) is 0 Å². The third kappa shape index (κ3) is 3.08. The predicted octanol–water partition coefficient (Wildman–Crippen LogP) is 4.06. The van der Waals surface area contributed by atoms with E-state index in [0.29, 0.717) is 21.9 Å². The van der Waals surface area contributed by atoms with E-state index in [1.807, 2.05) is 0 Å². The molecule has 0 spiro atoms. The highest BCUT2D eigenvalue weighted by Gasteiger charge is 2.11. The highest BCUT2D eigenvalue weighted by molar-refractivity contribution is 6.31. The zero-order chi connectivity index (χ0) is 14.7. The van der Waals surface area contributed by atoms with E-state index in [9.17, 15) is 9.18 Å². The molecule has 2 aromatic rings. The standard InChI is InChI=1S/C15H12ClFO3/c1-9-12(15(18)19)3-2-4-14(9)20-8-10-7-11(17)5-6-13(10)16/h2-7H,8H2,1H3,(H,18,19). The van der Waals surface area contributed by atoms with Crippen LogP contribution in [0.4, 0.5) is 4.39 Å². The summed E-state index contributed by atoms with van der Waals surface area (Å²) in [4.78, 5) is 11.0. The lowest BCUT2D eigenvalue weighted by atomic mass is 10.1. The number of hydrogen-bond donors (Lipinski definition) is 1.